The van der Waals surface area contributed by atoms with Crippen molar-refractivity contribution in [1.82, 2.24) is 38.2 Å². The first-order valence-electron chi connectivity index (χ1n) is 29.7. The lowest BCUT2D eigenvalue weighted by Crippen LogP contribution is -1.95. The van der Waals surface area contributed by atoms with E-state index >= 15 is 0 Å². The quantitative estimate of drug-likeness (QED) is 0.156. The van der Waals surface area contributed by atoms with Gasteiger partial charge < -0.3 is 18.3 Å². The van der Waals surface area contributed by atoms with Gasteiger partial charge in [0, 0.05) is 54.5 Å². The number of para-hydroxylation sites is 5. The molecule has 0 radical (unpaired) electrons. The number of aromatic nitrogens is 8. The van der Waals surface area contributed by atoms with E-state index in [1.165, 1.54) is 131 Å². The lowest BCUT2D eigenvalue weighted by molar-refractivity contribution is 1.07. The summed E-state index contributed by atoms with van der Waals surface area (Å²) in [6.07, 6.45) is 10.5. The third-order valence-electron chi connectivity index (χ3n) is 18.0. The van der Waals surface area contributed by atoms with Crippen LogP contribution in [-0.2, 0) is 0 Å². The Morgan fingerprint density at radius 1 is 0.170 bits per heavy atom. The molecule has 0 fully saturated rings. The molecular weight excluding hydrogens is 1070 g/mol. The summed E-state index contributed by atoms with van der Waals surface area (Å²) in [7, 11) is 0. The summed E-state index contributed by atoms with van der Waals surface area (Å²) >= 11 is 0. The van der Waals surface area contributed by atoms with E-state index in [0.717, 1.165) is 33.4 Å². The Labute approximate surface area is 504 Å². The van der Waals surface area contributed by atoms with Crippen molar-refractivity contribution in [2.24, 2.45) is 0 Å². The summed E-state index contributed by atoms with van der Waals surface area (Å²) in [5.41, 5.74) is 18.4. The topological polar surface area (TPSA) is 71.3 Å². The predicted molar refractivity (Wildman–Crippen MR) is 365 cm³/mol. The van der Waals surface area contributed by atoms with Crippen molar-refractivity contribution in [1.29, 1.82) is 0 Å². The first-order chi connectivity index (χ1) is 43.7. The van der Waals surface area contributed by atoms with Gasteiger partial charge in [0.2, 0.25) is 0 Å². The number of fused-ring (bicyclic) bond motifs is 18. The van der Waals surface area contributed by atoms with Crippen molar-refractivity contribution >= 4 is 120 Å². The first-order valence-corrected chi connectivity index (χ1v) is 29.7. The molecule has 8 nitrogen and oxygen atoms in total. The molecule has 0 saturated carbocycles. The van der Waals surface area contributed by atoms with Gasteiger partial charge in [-0.05, 0) is 152 Å². The molecule has 0 N–H and O–H groups in total. The minimum absolute atomic E-state index is 0.950. The van der Waals surface area contributed by atoms with Crippen molar-refractivity contribution in [3.8, 4) is 45.0 Å². The summed E-state index contributed by atoms with van der Waals surface area (Å²) in [5, 5.41) is 17.6. The lowest BCUT2D eigenvalue weighted by atomic mass is 9.94. The third kappa shape index (κ3) is 7.65. The van der Waals surface area contributed by atoms with Crippen molar-refractivity contribution in [3.05, 3.63) is 304 Å². The number of benzene rings is 13. The number of hydrogen-bond acceptors (Lipinski definition) is 4. The summed E-state index contributed by atoms with van der Waals surface area (Å²) in [5.74, 6) is 0. The average Bonchev–Trinajstić information content (AvgIpc) is 1.61. The van der Waals surface area contributed by atoms with Crippen LogP contribution in [0.1, 0.15) is 0 Å². The highest BCUT2D eigenvalue weighted by Crippen LogP contribution is 2.42. The fourth-order valence-corrected chi connectivity index (χ4v) is 14.1. The van der Waals surface area contributed by atoms with Crippen LogP contribution < -0.4 is 0 Å². The fourth-order valence-electron chi connectivity index (χ4n) is 14.1. The van der Waals surface area contributed by atoms with Crippen molar-refractivity contribution in [2.75, 3.05) is 0 Å². The van der Waals surface area contributed by atoms with Crippen molar-refractivity contribution in [3.63, 3.8) is 0 Å². The Bertz CT molecular complexity index is 5810. The number of hydrogen-bond donors (Lipinski definition) is 0. The van der Waals surface area contributed by atoms with Gasteiger partial charge in [0.05, 0.1) is 80.3 Å². The smallest absolute Gasteiger partial charge is 0.115 e. The molecule has 19 rings (SSSR count). The van der Waals surface area contributed by atoms with Crippen LogP contribution >= 0.6 is 0 Å². The molecule has 410 valence electrons. The zero-order valence-corrected chi connectivity index (χ0v) is 47.4. The van der Waals surface area contributed by atoms with Gasteiger partial charge in [0.1, 0.15) is 12.7 Å². The van der Waals surface area contributed by atoms with Crippen molar-refractivity contribution < 1.29 is 0 Å². The van der Waals surface area contributed by atoms with E-state index in [-0.39, 0.29) is 0 Å². The van der Waals surface area contributed by atoms with Gasteiger partial charge in [0.15, 0.2) is 0 Å². The molecule has 6 aromatic heterocycles. The second-order valence-electron chi connectivity index (χ2n) is 22.7. The molecule has 0 aliphatic heterocycles. The van der Waals surface area contributed by atoms with Gasteiger partial charge >= 0.3 is 0 Å². The molecule has 0 amide bonds. The zero-order valence-electron chi connectivity index (χ0n) is 47.4. The highest BCUT2D eigenvalue weighted by molar-refractivity contribution is 6.26. The molecule has 0 aliphatic carbocycles. The molecule has 8 heteroatoms. The largest absolute Gasteiger partial charge is 0.309 e. The summed E-state index contributed by atoms with van der Waals surface area (Å²) in [6.45, 7) is 0. The molecule has 88 heavy (non-hydrogen) atoms. The van der Waals surface area contributed by atoms with E-state index in [1.807, 2.05) is 24.8 Å². The maximum atomic E-state index is 4.26. The van der Waals surface area contributed by atoms with Crippen LogP contribution in [0, 0.1) is 0 Å². The summed E-state index contributed by atoms with van der Waals surface area (Å²) < 4.78 is 9.27. The van der Waals surface area contributed by atoms with Gasteiger partial charge in [-0.2, -0.15) is 0 Å². The van der Waals surface area contributed by atoms with E-state index in [9.17, 15) is 0 Å². The van der Waals surface area contributed by atoms with Gasteiger partial charge in [0.25, 0.3) is 0 Å². The Kier molecular flexibility index (Phi) is 11.1. The minimum atomic E-state index is 0.950. The van der Waals surface area contributed by atoms with Crippen LogP contribution in [0.15, 0.2) is 304 Å². The second kappa shape index (κ2) is 19.8. The zero-order chi connectivity index (χ0) is 57.8. The lowest BCUT2D eigenvalue weighted by Gasteiger charge is -2.14. The molecule has 19 aromatic rings. The fraction of sp³-hybridized carbons (Fsp3) is 0. The molecular formula is C80H50N8. The van der Waals surface area contributed by atoms with Crippen LogP contribution in [0.4, 0.5) is 0 Å². The van der Waals surface area contributed by atoms with Gasteiger partial charge in [-0.15, -0.1) is 0 Å². The molecule has 6 heterocycles. The molecule has 0 aliphatic rings. The van der Waals surface area contributed by atoms with E-state index < -0.39 is 0 Å². The second-order valence-corrected chi connectivity index (χ2v) is 22.7. The standard InChI is InChI=1S/C48H30N2.C32H20N6/c1-2-12-33(13-3-1)49-45-20-10-8-18-40(45)43-28-31(22-26-47(43)49)32-23-27-48-44(29-32)41-19-9-11-21-46(41)50(48)34-24-25-39-37-16-5-4-14-35(37)36-15-6-7-17-38(36)42(39)30-34;1-3-7-29-25(5-1)27-13-21(9-11-31(27)37(29)23-15-33-19-34-16-23)22-10-12-32-28(14-22)26-6-2-4-8-30(26)38(32)24-17-35-20-36-18-24/h1-30H;1-20H. The normalized spacial score (nSPS) is 11.9. The molecule has 0 atom stereocenters. The van der Waals surface area contributed by atoms with Crippen LogP contribution in [0.2, 0.25) is 0 Å². The van der Waals surface area contributed by atoms with Crippen LogP contribution in [0.3, 0.4) is 0 Å². The van der Waals surface area contributed by atoms with E-state index in [0.29, 0.717) is 0 Å². The first kappa shape index (κ1) is 49.4. The minimum Gasteiger partial charge on any atom is -0.309 e. The predicted octanol–water partition coefficient (Wildman–Crippen LogP) is 20.1. The van der Waals surface area contributed by atoms with Gasteiger partial charge in [-0.1, -0.05) is 170 Å². The number of rotatable bonds is 6. The Morgan fingerprint density at radius 3 is 0.807 bits per heavy atom. The van der Waals surface area contributed by atoms with E-state index in [4.69, 9.17) is 0 Å². The Morgan fingerprint density at radius 2 is 0.443 bits per heavy atom. The van der Waals surface area contributed by atoms with Crippen LogP contribution in [0.5, 0.6) is 0 Å². The Balaban J connectivity index is 0.000000137. The molecule has 13 aromatic carbocycles. The Hall–Kier alpha value is -12.0. The van der Waals surface area contributed by atoms with Gasteiger partial charge in [-0.3, -0.25) is 0 Å². The third-order valence-corrected chi connectivity index (χ3v) is 18.0. The highest BCUT2D eigenvalue weighted by atomic mass is 15.0. The maximum Gasteiger partial charge on any atom is 0.115 e. The number of nitrogens with zero attached hydrogens (tertiary/aromatic N) is 8. The monoisotopic (exact) mass is 1120 g/mol. The van der Waals surface area contributed by atoms with Crippen molar-refractivity contribution in [2.45, 2.75) is 0 Å². The molecule has 0 spiro atoms. The maximum absolute atomic E-state index is 4.26. The van der Waals surface area contributed by atoms with E-state index in [2.05, 4.69) is 305 Å². The molecule has 0 bridgehead atoms. The summed E-state index contributed by atoms with van der Waals surface area (Å²) in [6, 6.07) is 97.1. The molecule has 0 saturated heterocycles. The summed E-state index contributed by atoms with van der Waals surface area (Å²) in [4.78, 5) is 17.0. The molecule has 0 unspecified atom stereocenters. The van der Waals surface area contributed by atoms with Crippen LogP contribution in [-0.4, -0.2) is 38.2 Å². The average molecular weight is 1120 g/mol. The SMILES string of the molecule is c1ccc(-n2c3ccccc3c3cc(-c4ccc5c(c4)c4ccccc4n5-c4ccc5c6ccccc6c6ccccc6c5c4)ccc32)cc1.c1ccc2c(c1)c1cc(-c3ccc4c(c3)c3ccccc3n4-c3cncnc3)ccc1n2-c1cncnc1. The van der Waals surface area contributed by atoms with Crippen LogP contribution in [0.25, 0.3) is 165 Å². The van der Waals surface area contributed by atoms with E-state index in [1.54, 1.807) is 12.7 Å². The van der Waals surface area contributed by atoms with Gasteiger partial charge in [-0.25, -0.2) is 19.9 Å². The highest BCUT2D eigenvalue weighted by Gasteiger charge is 2.20.